The molecule has 0 spiro atoms. The molecule has 0 amide bonds. The number of nitrogens with one attached hydrogen (secondary N) is 1. The molecule has 1 aliphatic rings. The van der Waals surface area contributed by atoms with Gasteiger partial charge in [-0.05, 0) is 36.8 Å². The van der Waals surface area contributed by atoms with Crippen LogP contribution < -0.4 is 15.4 Å². The second-order valence-corrected chi connectivity index (χ2v) is 7.58. The van der Waals surface area contributed by atoms with Crippen LogP contribution in [0.15, 0.2) is 41.4 Å². The van der Waals surface area contributed by atoms with Crippen LogP contribution in [-0.4, -0.2) is 39.7 Å². The van der Waals surface area contributed by atoms with E-state index < -0.39 is 10.0 Å². The Balaban J connectivity index is 1.79. The molecule has 0 radical (unpaired) electrons. The third-order valence-corrected chi connectivity index (χ3v) is 4.93. The molecule has 134 valence electrons. The van der Waals surface area contributed by atoms with Crippen molar-refractivity contribution < 1.29 is 13.2 Å². The first-order valence-electron chi connectivity index (χ1n) is 8.08. The fourth-order valence-corrected chi connectivity index (χ4v) is 3.48. The zero-order chi connectivity index (χ0) is 17.9. The molecule has 3 N–H and O–H groups in total. The van der Waals surface area contributed by atoms with Crippen molar-refractivity contribution >= 4 is 21.5 Å². The minimum Gasteiger partial charge on any atom is -0.381 e. The number of hydrogen-bond acceptors (Lipinski definition) is 6. The summed E-state index contributed by atoms with van der Waals surface area (Å²) in [6.45, 7) is 5.38. The maximum Gasteiger partial charge on any atom is 0.238 e. The third kappa shape index (κ3) is 4.47. The fourth-order valence-electron chi connectivity index (χ4n) is 2.84. The molecule has 0 bridgehead atoms. The van der Waals surface area contributed by atoms with E-state index in [9.17, 15) is 8.42 Å². The van der Waals surface area contributed by atoms with Gasteiger partial charge >= 0.3 is 0 Å². The van der Waals surface area contributed by atoms with Gasteiger partial charge in [-0.1, -0.05) is 6.07 Å². The Morgan fingerprint density at radius 1 is 1.28 bits per heavy atom. The molecule has 1 aromatic heterocycles. The van der Waals surface area contributed by atoms with E-state index in [-0.39, 0.29) is 4.90 Å². The number of primary sulfonamides is 1. The van der Waals surface area contributed by atoms with Crippen molar-refractivity contribution in [2.45, 2.75) is 18.4 Å². The Labute approximate surface area is 147 Å². The minimum absolute atomic E-state index is 0.106. The first kappa shape index (κ1) is 17.7. The zero-order valence-electron chi connectivity index (χ0n) is 14.1. The lowest BCUT2D eigenvalue weighted by Crippen LogP contribution is -2.37. The summed E-state index contributed by atoms with van der Waals surface area (Å²) in [7, 11) is -3.73. The normalized spacial score (nSPS) is 15.2. The number of benzene rings is 1. The van der Waals surface area contributed by atoms with E-state index in [0.29, 0.717) is 25.4 Å². The van der Waals surface area contributed by atoms with Crippen molar-refractivity contribution in [2.24, 2.45) is 5.14 Å². The minimum atomic E-state index is -3.73. The summed E-state index contributed by atoms with van der Waals surface area (Å²) < 4.78 is 28.6. The number of aromatic nitrogens is 1. The molecular formula is C17H22N4O3S. The van der Waals surface area contributed by atoms with Crippen LogP contribution in [0, 0.1) is 6.92 Å². The van der Waals surface area contributed by atoms with E-state index in [1.54, 1.807) is 18.3 Å². The monoisotopic (exact) mass is 362 g/mol. The summed E-state index contributed by atoms with van der Waals surface area (Å²) in [5, 5.41) is 8.52. The Bertz CT molecular complexity index is 849. The SMILES string of the molecule is Cc1cc(NCc2cccnc2N2CCOCC2)cc(S(N)(=O)=O)c1. The lowest BCUT2D eigenvalue weighted by molar-refractivity contribution is 0.122. The number of nitrogens with zero attached hydrogens (tertiary/aromatic N) is 2. The predicted octanol–water partition coefficient (Wildman–Crippen LogP) is 1.49. The second kappa shape index (κ2) is 7.38. The van der Waals surface area contributed by atoms with E-state index in [0.717, 1.165) is 30.0 Å². The number of hydrogen-bond donors (Lipinski definition) is 2. The van der Waals surface area contributed by atoms with Gasteiger partial charge in [0.1, 0.15) is 5.82 Å². The van der Waals surface area contributed by atoms with Gasteiger partial charge in [0.15, 0.2) is 0 Å². The second-order valence-electron chi connectivity index (χ2n) is 6.02. The number of rotatable bonds is 5. The summed E-state index contributed by atoms with van der Waals surface area (Å²) in [5.41, 5.74) is 2.58. The predicted molar refractivity (Wildman–Crippen MR) is 97.1 cm³/mol. The summed E-state index contributed by atoms with van der Waals surface area (Å²) in [4.78, 5) is 6.81. The van der Waals surface area contributed by atoms with Crippen molar-refractivity contribution in [3.63, 3.8) is 0 Å². The lowest BCUT2D eigenvalue weighted by Gasteiger charge is -2.29. The third-order valence-electron chi connectivity index (χ3n) is 4.04. The van der Waals surface area contributed by atoms with Crippen LogP contribution in [0.4, 0.5) is 11.5 Å². The molecule has 8 heteroatoms. The average Bonchev–Trinajstić information content (AvgIpc) is 2.60. The number of morpholine rings is 1. The highest BCUT2D eigenvalue weighted by molar-refractivity contribution is 7.89. The molecule has 0 atom stereocenters. The van der Waals surface area contributed by atoms with Crippen LogP contribution >= 0.6 is 0 Å². The van der Waals surface area contributed by atoms with Crippen LogP contribution in [0.5, 0.6) is 0 Å². The molecule has 0 saturated carbocycles. The molecule has 1 aliphatic heterocycles. The molecule has 1 aromatic carbocycles. The van der Waals surface area contributed by atoms with E-state index in [1.165, 1.54) is 0 Å². The first-order valence-corrected chi connectivity index (χ1v) is 9.63. The zero-order valence-corrected chi connectivity index (χ0v) is 14.9. The van der Waals surface area contributed by atoms with Crippen LogP contribution in [0.3, 0.4) is 0 Å². The molecule has 1 fully saturated rings. The Kier molecular flexibility index (Phi) is 5.22. The number of ether oxygens (including phenoxy) is 1. The Hall–Kier alpha value is -2.16. The lowest BCUT2D eigenvalue weighted by atomic mass is 10.2. The number of anilines is 2. The smallest absolute Gasteiger partial charge is 0.238 e. The van der Waals surface area contributed by atoms with Crippen molar-refractivity contribution in [1.82, 2.24) is 4.98 Å². The number of pyridine rings is 1. The Morgan fingerprint density at radius 2 is 2.04 bits per heavy atom. The fraction of sp³-hybridized carbons (Fsp3) is 0.353. The molecule has 3 rings (SSSR count). The topological polar surface area (TPSA) is 97.5 Å². The van der Waals surface area contributed by atoms with Crippen LogP contribution in [-0.2, 0) is 21.3 Å². The van der Waals surface area contributed by atoms with Crippen LogP contribution in [0.1, 0.15) is 11.1 Å². The summed E-state index contributed by atoms with van der Waals surface area (Å²) in [6, 6.07) is 8.91. The van der Waals surface area contributed by atoms with Crippen molar-refractivity contribution in [3.8, 4) is 0 Å². The van der Waals surface area contributed by atoms with Crippen molar-refractivity contribution in [2.75, 3.05) is 36.5 Å². The maximum atomic E-state index is 11.6. The highest BCUT2D eigenvalue weighted by atomic mass is 32.2. The van der Waals surface area contributed by atoms with E-state index in [2.05, 4.69) is 15.2 Å². The van der Waals surface area contributed by atoms with Crippen molar-refractivity contribution in [1.29, 1.82) is 0 Å². The maximum absolute atomic E-state index is 11.6. The van der Waals surface area contributed by atoms with Gasteiger partial charge in [-0.25, -0.2) is 18.5 Å². The first-order chi connectivity index (χ1) is 11.9. The molecule has 0 unspecified atom stereocenters. The van der Waals surface area contributed by atoms with Crippen LogP contribution in [0.25, 0.3) is 0 Å². The highest BCUT2D eigenvalue weighted by Crippen LogP contribution is 2.22. The van der Waals surface area contributed by atoms with E-state index in [1.807, 2.05) is 25.1 Å². The van der Waals surface area contributed by atoms with Gasteiger partial charge in [-0.2, -0.15) is 0 Å². The summed E-state index contributed by atoms with van der Waals surface area (Å²) in [5.74, 6) is 0.928. The number of nitrogens with two attached hydrogens (primary N) is 1. The molecule has 2 aromatic rings. The van der Waals surface area contributed by atoms with Gasteiger partial charge in [0.25, 0.3) is 0 Å². The van der Waals surface area contributed by atoms with Gasteiger partial charge < -0.3 is 15.0 Å². The molecule has 7 nitrogen and oxygen atoms in total. The standard InChI is InChI=1S/C17H22N4O3S/c1-13-9-15(11-16(10-13)25(18,22)23)20-12-14-3-2-4-19-17(14)21-5-7-24-8-6-21/h2-4,9-11,20H,5-8,12H2,1H3,(H2,18,22,23). The highest BCUT2D eigenvalue weighted by Gasteiger charge is 2.16. The summed E-state index contributed by atoms with van der Waals surface area (Å²) in [6.07, 6.45) is 1.78. The van der Waals surface area contributed by atoms with Crippen LogP contribution in [0.2, 0.25) is 0 Å². The van der Waals surface area contributed by atoms with Gasteiger partial charge in [-0.3, -0.25) is 0 Å². The largest absolute Gasteiger partial charge is 0.381 e. The van der Waals surface area contributed by atoms with Gasteiger partial charge in [0.2, 0.25) is 10.0 Å². The van der Waals surface area contributed by atoms with E-state index >= 15 is 0 Å². The average molecular weight is 362 g/mol. The van der Waals surface area contributed by atoms with Crippen molar-refractivity contribution in [3.05, 3.63) is 47.7 Å². The quantitative estimate of drug-likeness (QED) is 0.836. The molecule has 2 heterocycles. The molecular weight excluding hydrogens is 340 g/mol. The molecule has 25 heavy (non-hydrogen) atoms. The van der Waals surface area contributed by atoms with Gasteiger partial charge in [0, 0.05) is 37.1 Å². The number of aryl methyl sites for hydroxylation is 1. The van der Waals surface area contributed by atoms with Gasteiger partial charge in [-0.15, -0.1) is 0 Å². The van der Waals surface area contributed by atoms with Gasteiger partial charge in [0.05, 0.1) is 18.1 Å². The van der Waals surface area contributed by atoms with E-state index in [4.69, 9.17) is 9.88 Å². The summed E-state index contributed by atoms with van der Waals surface area (Å²) >= 11 is 0. The molecule has 1 saturated heterocycles. The number of sulfonamides is 1. The Morgan fingerprint density at radius 3 is 2.76 bits per heavy atom. The molecule has 0 aliphatic carbocycles.